The van der Waals surface area contributed by atoms with Crippen molar-refractivity contribution in [1.29, 1.82) is 0 Å². The van der Waals surface area contributed by atoms with Crippen molar-refractivity contribution in [3.63, 3.8) is 0 Å². The summed E-state index contributed by atoms with van der Waals surface area (Å²) >= 11 is 0. The molecule has 110 valence electrons. The first-order chi connectivity index (χ1) is 9.87. The van der Waals surface area contributed by atoms with E-state index in [0.717, 1.165) is 24.2 Å². The van der Waals surface area contributed by atoms with Crippen LogP contribution in [0.4, 0.5) is 0 Å². The van der Waals surface area contributed by atoms with Gasteiger partial charge >= 0.3 is 5.97 Å². The Bertz CT molecular complexity index is 710. The fourth-order valence-corrected chi connectivity index (χ4v) is 2.87. The minimum atomic E-state index is -1.10. The van der Waals surface area contributed by atoms with Gasteiger partial charge in [0.15, 0.2) is 0 Å². The highest BCUT2D eigenvalue weighted by Gasteiger charge is 2.30. The number of furan rings is 1. The third-order valence-corrected chi connectivity index (χ3v) is 4.15. The van der Waals surface area contributed by atoms with Crippen LogP contribution in [0.5, 0.6) is 11.7 Å². The first-order valence-corrected chi connectivity index (χ1v) is 7.02. The molecule has 21 heavy (non-hydrogen) atoms. The predicted octanol–water partition coefficient (Wildman–Crippen LogP) is 4.30. The minimum Gasteiger partial charge on any atom is -0.475 e. The molecule has 4 nitrogen and oxygen atoms in total. The van der Waals surface area contributed by atoms with E-state index in [0.29, 0.717) is 0 Å². The van der Waals surface area contributed by atoms with Crippen LogP contribution in [-0.4, -0.2) is 11.1 Å². The number of rotatable bonds is 3. The molecule has 1 aliphatic carbocycles. The van der Waals surface area contributed by atoms with E-state index in [-0.39, 0.29) is 17.1 Å². The van der Waals surface area contributed by atoms with E-state index in [1.165, 1.54) is 23.3 Å². The second-order valence-electron chi connectivity index (χ2n) is 6.18. The molecule has 0 saturated heterocycles. The van der Waals surface area contributed by atoms with Gasteiger partial charge in [-0.1, -0.05) is 19.9 Å². The second-order valence-corrected chi connectivity index (χ2v) is 6.18. The number of carbonyl (C=O) groups is 1. The van der Waals surface area contributed by atoms with Gasteiger partial charge in [-0.25, -0.2) is 4.79 Å². The number of aryl methyl sites for hydroxylation is 2. The summed E-state index contributed by atoms with van der Waals surface area (Å²) in [5, 5.41) is 8.86. The van der Waals surface area contributed by atoms with Gasteiger partial charge in [0.1, 0.15) is 5.75 Å². The summed E-state index contributed by atoms with van der Waals surface area (Å²) in [5.41, 5.74) is 3.85. The number of fused-ring (bicyclic) bond motifs is 1. The van der Waals surface area contributed by atoms with Crippen molar-refractivity contribution in [2.45, 2.75) is 39.0 Å². The van der Waals surface area contributed by atoms with Gasteiger partial charge in [0.05, 0.1) is 0 Å². The van der Waals surface area contributed by atoms with Gasteiger partial charge in [-0.05, 0) is 54.0 Å². The highest BCUT2D eigenvalue weighted by molar-refractivity contribution is 5.84. The molecule has 0 amide bonds. The normalized spacial score (nSPS) is 15.8. The van der Waals surface area contributed by atoms with E-state index in [4.69, 9.17) is 14.3 Å². The Balaban J connectivity index is 1.94. The molecule has 2 aromatic rings. The zero-order chi connectivity index (χ0) is 15.2. The van der Waals surface area contributed by atoms with E-state index in [1.807, 2.05) is 6.92 Å². The number of carboxylic acids is 1. The maximum atomic E-state index is 10.8. The number of hydrogen-bond acceptors (Lipinski definition) is 3. The number of ether oxygens (including phenoxy) is 1. The molecule has 0 aliphatic heterocycles. The quantitative estimate of drug-likeness (QED) is 0.913. The van der Waals surface area contributed by atoms with E-state index < -0.39 is 5.97 Å². The predicted molar refractivity (Wildman–Crippen MR) is 78.3 cm³/mol. The molecule has 1 aromatic heterocycles. The van der Waals surface area contributed by atoms with Gasteiger partial charge in [0, 0.05) is 6.07 Å². The van der Waals surface area contributed by atoms with E-state index in [1.54, 1.807) is 0 Å². The average molecular weight is 286 g/mol. The monoisotopic (exact) mass is 286 g/mol. The molecular weight excluding hydrogens is 268 g/mol. The topological polar surface area (TPSA) is 59.7 Å². The summed E-state index contributed by atoms with van der Waals surface area (Å²) in [6.45, 7) is 6.45. The lowest BCUT2D eigenvalue weighted by Gasteiger charge is -2.20. The molecular formula is C17H18O4. The fraction of sp³-hybridized carbons (Fsp3) is 0.353. The van der Waals surface area contributed by atoms with Crippen molar-refractivity contribution >= 4 is 5.97 Å². The first-order valence-electron chi connectivity index (χ1n) is 7.02. The number of aromatic carboxylic acids is 1. The number of carboxylic acid groups (broad SMARTS) is 1. The second kappa shape index (κ2) is 4.65. The van der Waals surface area contributed by atoms with Crippen LogP contribution in [0, 0.1) is 6.92 Å². The Hall–Kier alpha value is -2.23. The van der Waals surface area contributed by atoms with Crippen molar-refractivity contribution in [1.82, 2.24) is 0 Å². The van der Waals surface area contributed by atoms with Crippen LogP contribution in [-0.2, 0) is 11.8 Å². The van der Waals surface area contributed by atoms with Gasteiger partial charge in [-0.2, -0.15) is 0 Å². The summed E-state index contributed by atoms with van der Waals surface area (Å²) in [6, 6.07) is 7.13. The van der Waals surface area contributed by atoms with E-state index in [9.17, 15) is 4.79 Å². The van der Waals surface area contributed by atoms with Crippen molar-refractivity contribution in [2.75, 3.05) is 0 Å². The van der Waals surface area contributed by atoms with Crippen LogP contribution in [0.1, 0.15) is 47.5 Å². The highest BCUT2D eigenvalue weighted by atomic mass is 16.6. The summed E-state index contributed by atoms with van der Waals surface area (Å²) in [4.78, 5) is 10.8. The van der Waals surface area contributed by atoms with Crippen LogP contribution in [0.25, 0.3) is 0 Å². The zero-order valence-electron chi connectivity index (χ0n) is 12.4. The first kappa shape index (κ1) is 13.7. The lowest BCUT2D eigenvalue weighted by molar-refractivity contribution is 0.0657. The molecule has 0 unspecified atom stereocenters. The summed E-state index contributed by atoms with van der Waals surface area (Å²) < 4.78 is 10.9. The highest BCUT2D eigenvalue weighted by Crippen LogP contribution is 2.42. The zero-order valence-corrected chi connectivity index (χ0v) is 12.4. The lowest BCUT2D eigenvalue weighted by Crippen LogP contribution is -2.11. The molecule has 0 saturated carbocycles. The molecule has 0 radical (unpaired) electrons. The smallest absolute Gasteiger partial charge is 0.371 e. The standard InChI is InChI=1S/C17H18O4/c1-10-8-11-6-7-17(2,3)12(11)9-14(10)21-15-5-4-13(20-15)16(18)19/h4-5,8-9H,6-7H2,1-3H3,(H,18,19). The molecule has 4 heteroatoms. The molecule has 0 fully saturated rings. The average Bonchev–Trinajstić information content (AvgIpc) is 2.97. The molecule has 0 atom stereocenters. The Morgan fingerprint density at radius 1 is 1.33 bits per heavy atom. The maximum Gasteiger partial charge on any atom is 0.371 e. The fourth-order valence-electron chi connectivity index (χ4n) is 2.87. The van der Waals surface area contributed by atoms with Crippen molar-refractivity contribution in [2.24, 2.45) is 0 Å². The SMILES string of the molecule is Cc1cc2c(cc1Oc1ccc(C(=O)O)o1)C(C)(C)CC2. The molecule has 0 bridgehead atoms. The van der Waals surface area contributed by atoms with Crippen LogP contribution in [0.3, 0.4) is 0 Å². The molecule has 3 rings (SSSR count). The number of hydrogen-bond donors (Lipinski definition) is 1. The van der Waals surface area contributed by atoms with Crippen LogP contribution < -0.4 is 4.74 Å². The summed E-state index contributed by atoms with van der Waals surface area (Å²) in [5.74, 6) is -0.304. The van der Waals surface area contributed by atoms with Crippen molar-refractivity contribution < 1.29 is 19.1 Å². The van der Waals surface area contributed by atoms with E-state index in [2.05, 4.69) is 26.0 Å². The third-order valence-electron chi connectivity index (χ3n) is 4.15. The van der Waals surface area contributed by atoms with Gasteiger partial charge < -0.3 is 14.3 Å². The van der Waals surface area contributed by atoms with Gasteiger partial charge in [-0.3, -0.25) is 0 Å². The Morgan fingerprint density at radius 2 is 2.10 bits per heavy atom. The maximum absolute atomic E-state index is 10.8. The summed E-state index contributed by atoms with van der Waals surface area (Å²) in [6.07, 6.45) is 2.22. The van der Waals surface area contributed by atoms with Gasteiger partial charge in [0.25, 0.3) is 5.95 Å². The Kier molecular flexibility index (Phi) is 3.04. The van der Waals surface area contributed by atoms with Crippen molar-refractivity contribution in [3.8, 4) is 11.7 Å². The lowest BCUT2D eigenvalue weighted by atomic mass is 9.86. The minimum absolute atomic E-state index is 0.121. The Labute approximate surface area is 123 Å². The van der Waals surface area contributed by atoms with Gasteiger partial charge in [-0.15, -0.1) is 0 Å². The summed E-state index contributed by atoms with van der Waals surface area (Å²) in [7, 11) is 0. The molecule has 0 spiro atoms. The van der Waals surface area contributed by atoms with E-state index >= 15 is 0 Å². The van der Waals surface area contributed by atoms with Gasteiger partial charge in [0.2, 0.25) is 5.76 Å². The number of benzene rings is 1. The third kappa shape index (κ3) is 2.42. The van der Waals surface area contributed by atoms with Crippen LogP contribution in [0.2, 0.25) is 0 Å². The molecule has 1 heterocycles. The molecule has 1 aliphatic rings. The largest absolute Gasteiger partial charge is 0.475 e. The van der Waals surface area contributed by atoms with Crippen LogP contribution in [0.15, 0.2) is 28.7 Å². The molecule has 1 N–H and O–H groups in total. The van der Waals surface area contributed by atoms with Crippen LogP contribution >= 0.6 is 0 Å². The van der Waals surface area contributed by atoms with Crippen molar-refractivity contribution in [3.05, 3.63) is 46.7 Å². The Morgan fingerprint density at radius 3 is 2.76 bits per heavy atom. The molecule has 1 aromatic carbocycles.